The van der Waals surface area contributed by atoms with E-state index in [1.54, 1.807) is 6.92 Å². The smallest absolute Gasteiger partial charge is 0.416 e. The molecule has 0 bridgehead atoms. The Kier molecular flexibility index (Phi) is 10.0. The minimum atomic E-state index is -4.61. The second-order valence-corrected chi connectivity index (χ2v) is 6.45. The van der Waals surface area contributed by atoms with Gasteiger partial charge in [0, 0.05) is 5.56 Å². The van der Waals surface area contributed by atoms with Crippen molar-refractivity contribution in [2.24, 2.45) is 0 Å². The van der Waals surface area contributed by atoms with E-state index in [2.05, 4.69) is 16.1 Å². The molecule has 0 N–H and O–H groups in total. The zero-order valence-corrected chi connectivity index (χ0v) is 18.0. The van der Waals surface area contributed by atoms with E-state index < -0.39 is 35.4 Å². The number of rotatable bonds is 6. The maximum absolute atomic E-state index is 12.5. The summed E-state index contributed by atoms with van der Waals surface area (Å²) in [5.41, 5.74) is -2.35. The van der Waals surface area contributed by atoms with E-state index >= 15 is 0 Å². The summed E-state index contributed by atoms with van der Waals surface area (Å²) in [6.07, 6.45) is -7.61. The van der Waals surface area contributed by atoms with Gasteiger partial charge in [0.2, 0.25) is 0 Å². The fourth-order valence-electron chi connectivity index (χ4n) is 2.48. The predicted octanol–water partition coefficient (Wildman–Crippen LogP) is 6.22. The van der Waals surface area contributed by atoms with Crippen molar-refractivity contribution in [3.63, 3.8) is 0 Å². The summed E-state index contributed by atoms with van der Waals surface area (Å²) >= 11 is 0. The number of alkyl halides is 6. The Balaban J connectivity index is 0.000000340. The maximum Gasteiger partial charge on any atom is 0.416 e. The van der Waals surface area contributed by atoms with Crippen LogP contribution in [-0.2, 0) is 21.8 Å². The van der Waals surface area contributed by atoms with Gasteiger partial charge in [-0.25, -0.2) is 9.59 Å². The lowest BCUT2D eigenvalue weighted by Gasteiger charge is -2.10. The number of hydrogen-bond acceptors (Lipinski definition) is 5. The third-order valence-corrected chi connectivity index (χ3v) is 3.96. The average Bonchev–Trinajstić information content (AvgIpc) is 2.78. The Morgan fingerprint density at radius 2 is 1.15 bits per heavy atom. The maximum atomic E-state index is 12.5. The summed E-state index contributed by atoms with van der Waals surface area (Å²) in [6.45, 7) is 6.65. The van der Waals surface area contributed by atoms with E-state index in [-0.39, 0.29) is 41.8 Å². The van der Waals surface area contributed by atoms with Crippen molar-refractivity contribution >= 4 is 24.3 Å². The first-order valence-electron chi connectivity index (χ1n) is 9.63. The number of hydrogen-bond donors (Lipinski definition) is 0. The van der Waals surface area contributed by atoms with Gasteiger partial charge in [-0.15, -0.1) is 0 Å². The van der Waals surface area contributed by atoms with Crippen molar-refractivity contribution < 1.29 is 50.2 Å². The molecular weight excluding hydrogens is 470 g/mol. The molecule has 0 unspecified atom stereocenters. The molecule has 0 aliphatic rings. The van der Waals surface area contributed by atoms with Gasteiger partial charge in [0.15, 0.2) is 0 Å². The number of esters is 2. The van der Waals surface area contributed by atoms with Gasteiger partial charge in [-0.05, 0) is 55.8 Å². The summed E-state index contributed by atoms with van der Waals surface area (Å²) < 4.78 is 84.3. The average molecular weight is 490 g/mol. The molecule has 0 saturated carbocycles. The highest BCUT2D eigenvalue weighted by Gasteiger charge is 2.32. The molecule has 34 heavy (non-hydrogen) atoms. The van der Waals surface area contributed by atoms with Crippen molar-refractivity contribution in [1.29, 1.82) is 0 Å². The van der Waals surface area contributed by atoms with E-state index in [1.807, 2.05) is 0 Å². The Labute approximate surface area is 191 Å². The van der Waals surface area contributed by atoms with Crippen molar-refractivity contribution in [2.45, 2.75) is 26.2 Å². The van der Waals surface area contributed by atoms with Gasteiger partial charge in [0.1, 0.15) is 6.29 Å². The summed E-state index contributed by atoms with van der Waals surface area (Å²) in [5.74, 6) is -1.66. The third kappa shape index (κ3) is 8.38. The van der Waals surface area contributed by atoms with Crippen LogP contribution in [0.3, 0.4) is 0 Å². The highest BCUT2D eigenvalue weighted by molar-refractivity contribution is 5.92. The lowest BCUT2D eigenvalue weighted by Crippen LogP contribution is -2.10. The number of carbonyl (C=O) groups excluding carboxylic acids is 3. The molecule has 0 spiro atoms. The molecular formula is C23H20F6O5. The van der Waals surface area contributed by atoms with E-state index in [0.717, 1.165) is 18.2 Å². The van der Waals surface area contributed by atoms with Gasteiger partial charge in [-0.1, -0.05) is 12.7 Å². The van der Waals surface area contributed by atoms with Crippen LogP contribution in [0.25, 0.3) is 6.08 Å². The Morgan fingerprint density at radius 3 is 1.47 bits per heavy atom. The highest BCUT2D eigenvalue weighted by Crippen LogP contribution is 2.32. The lowest BCUT2D eigenvalue weighted by atomic mass is 10.1. The highest BCUT2D eigenvalue weighted by atomic mass is 19.4. The normalized spacial score (nSPS) is 11.1. The number of halogens is 6. The molecule has 0 aliphatic carbocycles. The number of benzene rings is 2. The van der Waals surface area contributed by atoms with Gasteiger partial charge in [-0.3, -0.25) is 4.79 Å². The first-order valence-corrected chi connectivity index (χ1v) is 9.63. The van der Waals surface area contributed by atoms with Crippen molar-refractivity contribution in [1.82, 2.24) is 0 Å². The number of ether oxygens (including phenoxy) is 2. The molecule has 5 nitrogen and oxygen atoms in total. The Bertz CT molecular complexity index is 958. The van der Waals surface area contributed by atoms with Crippen LogP contribution in [0.15, 0.2) is 43.0 Å². The summed E-state index contributed by atoms with van der Waals surface area (Å²) in [4.78, 5) is 33.2. The Hall–Kier alpha value is -3.63. The van der Waals surface area contributed by atoms with E-state index in [1.165, 1.54) is 19.1 Å². The van der Waals surface area contributed by atoms with Gasteiger partial charge < -0.3 is 9.47 Å². The summed E-state index contributed by atoms with van der Waals surface area (Å²) in [7, 11) is 0. The van der Waals surface area contributed by atoms with Crippen LogP contribution in [0.5, 0.6) is 0 Å². The van der Waals surface area contributed by atoms with Crippen LogP contribution in [0, 0.1) is 0 Å². The van der Waals surface area contributed by atoms with Crippen molar-refractivity contribution in [3.05, 3.63) is 76.4 Å². The lowest BCUT2D eigenvalue weighted by molar-refractivity contribution is -0.138. The van der Waals surface area contributed by atoms with Gasteiger partial charge in [0.25, 0.3) is 0 Å². The van der Waals surface area contributed by atoms with Crippen LogP contribution in [0.2, 0.25) is 0 Å². The molecule has 0 heterocycles. The molecule has 0 aliphatic heterocycles. The van der Waals surface area contributed by atoms with Crippen LogP contribution in [0.4, 0.5) is 26.3 Å². The second-order valence-electron chi connectivity index (χ2n) is 6.45. The number of aldehydes is 1. The predicted molar refractivity (Wildman–Crippen MR) is 110 cm³/mol. The molecule has 2 aromatic carbocycles. The molecule has 11 heteroatoms. The van der Waals surface area contributed by atoms with Crippen LogP contribution >= 0.6 is 0 Å². The molecule has 2 aromatic rings. The standard InChI is InChI=1S/C12H11F3O2.C11H9F3O3/c1-3-8-5-9(11(16)17-4-2)7-10(6-8)12(13,14)15;1-2-17-10(16)8-3-7(6-15)4-9(5-8)11(12,13)14/h3,5-7H,1,4H2,2H3;3-6H,2H2,1H3. The largest absolute Gasteiger partial charge is 0.462 e. The molecule has 0 aromatic heterocycles. The Morgan fingerprint density at radius 1 is 0.765 bits per heavy atom. The van der Waals surface area contributed by atoms with Gasteiger partial charge in [0.05, 0.1) is 35.5 Å². The first kappa shape index (κ1) is 28.4. The molecule has 2 rings (SSSR count). The van der Waals surface area contributed by atoms with Crippen LogP contribution in [-0.4, -0.2) is 31.4 Å². The number of carbonyl (C=O) groups is 3. The van der Waals surface area contributed by atoms with E-state index in [9.17, 15) is 40.7 Å². The molecule has 0 fully saturated rings. The zero-order chi connectivity index (χ0) is 26.1. The van der Waals surface area contributed by atoms with Gasteiger partial charge >= 0.3 is 24.3 Å². The zero-order valence-electron chi connectivity index (χ0n) is 18.0. The van der Waals surface area contributed by atoms with Crippen molar-refractivity contribution in [3.8, 4) is 0 Å². The monoisotopic (exact) mass is 490 g/mol. The SMILES string of the molecule is C=Cc1cc(C(=O)OCC)cc(C(F)(F)F)c1.CCOC(=O)c1cc(C=O)cc(C(F)(F)F)c1. The van der Waals surface area contributed by atoms with Crippen LogP contribution in [0.1, 0.15) is 61.6 Å². The topological polar surface area (TPSA) is 69.7 Å². The second kappa shape index (κ2) is 12.0. The minimum absolute atomic E-state index is 0.0471. The fourth-order valence-corrected chi connectivity index (χ4v) is 2.48. The fraction of sp³-hybridized carbons (Fsp3) is 0.261. The van der Waals surface area contributed by atoms with E-state index in [0.29, 0.717) is 12.1 Å². The summed E-state index contributed by atoms with van der Waals surface area (Å²) in [6, 6.07) is 5.39. The van der Waals surface area contributed by atoms with E-state index in [4.69, 9.17) is 0 Å². The third-order valence-electron chi connectivity index (χ3n) is 3.96. The molecule has 0 saturated heterocycles. The molecule has 0 atom stereocenters. The van der Waals surface area contributed by atoms with Crippen LogP contribution < -0.4 is 0 Å². The first-order chi connectivity index (χ1) is 15.8. The summed E-state index contributed by atoms with van der Waals surface area (Å²) in [5, 5.41) is 0. The molecule has 0 amide bonds. The molecule has 0 radical (unpaired) electrons. The minimum Gasteiger partial charge on any atom is -0.462 e. The molecule has 184 valence electrons. The van der Waals surface area contributed by atoms with Gasteiger partial charge in [-0.2, -0.15) is 26.3 Å². The quantitative estimate of drug-likeness (QED) is 0.273. The van der Waals surface area contributed by atoms with Crippen molar-refractivity contribution in [2.75, 3.05) is 13.2 Å².